The number of halogens is 1. The van der Waals surface area contributed by atoms with Gasteiger partial charge in [0, 0.05) is 42.8 Å². The third-order valence-electron chi connectivity index (χ3n) is 7.63. The summed E-state index contributed by atoms with van der Waals surface area (Å²) < 4.78 is 0. The highest BCUT2D eigenvalue weighted by Crippen LogP contribution is 2.43. The van der Waals surface area contributed by atoms with Crippen LogP contribution in [0.4, 0.5) is 5.82 Å². The molecule has 7 nitrogen and oxygen atoms in total. The highest BCUT2D eigenvalue weighted by atomic mass is 35.5. The van der Waals surface area contributed by atoms with Gasteiger partial charge in [0.1, 0.15) is 12.1 Å². The van der Waals surface area contributed by atoms with Gasteiger partial charge in [0.2, 0.25) is 5.91 Å². The summed E-state index contributed by atoms with van der Waals surface area (Å²) in [6, 6.07) is 7.99. The minimum Gasteiger partial charge on any atom is -0.387 e. The van der Waals surface area contributed by atoms with Crippen molar-refractivity contribution in [2.45, 2.75) is 50.2 Å². The van der Waals surface area contributed by atoms with Crippen molar-refractivity contribution in [3.63, 3.8) is 0 Å². The fourth-order valence-electron chi connectivity index (χ4n) is 5.85. The summed E-state index contributed by atoms with van der Waals surface area (Å²) in [7, 11) is 2.12. The van der Waals surface area contributed by atoms with E-state index < -0.39 is 6.10 Å². The number of hydrogen-bond donors (Lipinski definition) is 1. The van der Waals surface area contributed by atoms with Crippen molar-refractivity contribution >= 4 is 23.3 Å². The number of fused-ring (bicyclic) bond motifs is 1. The van der Waals surface area contributed by atoms with Crippen LogP contribution in [0.1, 0.15) is 60.9 Å². The largest absolute Gasteiger partial charge is 0.387 e. The molecule has 33 heavy (non-hydrogen) atoms. The molecule has 3 aliphatic rings. The molecule has 0 radical (unpaired) electrons. The maximum atomic E-state index is 13.8. The molecule has 2 aromatic rings. The SMILES string of the molecule is C[C@@H]1CC(O)c2ncnc(N3CCN(C(=O)[C@@H](c4ccc(Cl)cc4)[C@@H]4CCCN4C)CC3)c21. The molecule has 1 aliphatic carbocycles. The second kappa shape index (κ2) is 9.20. The lowest BCUT2D eigenvalue weighted by Crippen LogP contribution is -2.52. The van der Waals surface area contributed by atoms with Crippen molar-refractivity contribution < 1.29 is 9.90 Å². The van der Waals surface area contributed by atoms with Gasteiger partial charge in [-0.2, -0.15) is 0 Å². The Hall–Kier alpha value is -2.22. The average molecular weight is 470 g/mol. The number of rotatable bonds is 4. The predicted octanol–water partition coefficient (Wildman–Crippen LogP) is 3.20. The minimum absolute atomic E-state index is 0.181. The van der Waals surface area contributed by atoms with Crippen molar-refractivity contribution in [1.29, 1.82) is 0 Å². The van der Waals surface area contributed by atoms with Crippen LogP contribution in [-0.4, -0.2) is 76.6 Å². The second-order valence-corrected chi connectivity index (χ2v) is 10.1. The second-order valence-electron chi connectivity index (χ2n) is 9.68. The van der Waals surface area contributed by atoms with Crippen LogP contribution in [0.25, 0.3) is 0 Å². The van der Waals surface area contributed by atoms with E-state index in [9.17, 15) is 9.90 Å². The zero-order chi connectivity index (χ0) is 23.1. The van der Waals surface area contributed by atoms with E-state index in [1.165, 1.54) is 0 Å². The number of nitrogens with zero attached hydrogens (tertiary/aromatic N) is 5. The van der Waals surface area contributed by atoms with Gasteiger partial charge in [0.15, 0.2) is 0 Å². The number of hydrogen-bond acceptors (Lipinski definition) is 6. The van der Waals surface area contributed by atoms with E-state index in [0.717, 1.165) is 55.1 Å². The van der Waals surface area contributed by atoms with Gasteiger partial charge in [0.25, 0.3) is 0 Å². The van der Waals surface area contributed by atoms with Crippen LogP contribution >= 0.6 is 11.6 Å². The van der Waals surface area contributed by atoms with Crippen molar-refractivity contribution in [3.8, 4) is 0 Å². The number of carbonyl (C=O) groups excluding carboxylic acids is 1. The van der Waals surface area contributed by atoms with Gasteiger partial charge in [0.05, 0.1) is 17.7 Å². The number of amides is 1. The Labute approximate surface area is 200 Å². The Bertz CT molecular complexity index is 1010. The highest BCUT2D eigenvalue weighted by molar-refractivity contribution is 6.30. The summed E-state index contributed by atoms with van der Waals surface area (Å²) >= 11 is 6.13. The molecule has 8 heteroatoms. The molecular formula is C25H32ClN5O2. The molecule has 176 valence electrons. The van der Waals surface area contributed by atoms with E-state index >= 15 is 0 Å². The van der Waals surface area contributed by atoms with Crippen LogP contribution in [0.3, 0.4) is 0 Å². The Balaban J connectivity index is 1.34. The predicted molar refractivity (Wildman–Crippen MR) is 129 cm³/mol. The first-order valence-electron chi connectivity index (χ1n) is 12.0. The molecule has 1 aromatic carbocycles. The van der Waals surface area contributed by atoms with Crippen molar-refractivity contribution in [3.05, 3.63) is 52.4 Å². The van der Waals surface area contributed by atoms with E-state index in [1.807, 2.05) is 29.2 Å². The van der Waals surface area contributed by atoms with Crippen LogP contribution in [-0.2, 0) is 4.79 Å². The first-order chi connectivity index (χ1) is 15.9. The molecule has 1 aromatic heterocycles. The van der Waals surface area contributed by atoms with Crippen LogP contribution in [0, 0.1) is 0 Å². The fraction of sp³-hybridized carbons (Fsp3) is 0.560. The molecule has 1 amide bonds. The van der Waals surface area contributed by atoms with Crippen LogP contribution in [0.2, 0.25) is 5.02 Å². The third-order valence-corrected chi connectivity index (χ3v) is 7.88. The molecule has 1 N–H and O–H groups in total. The van der Waals surface area contributed by atoms with Crippen molar-refractivity contribution in [1.82, 2.24) is 19.8 Å². The number of aromatic nitrogens is 2. The first kappa shape index (κ1) is 22.6. The van der Waals surface area contributed by atoms with E-state index in [0.29, 0.717) is 24.5 Å². The summed E-state index contributed by atoms with van der Waals surface area (Å²) in [5, 5.41) is 11.0. The lowest BCUT2D eigenvalue weighted by atomic mass is 9.88. The maximum absolute atomic E-state index is 13.8. The van der Waals surface area contributed by atoms with E-state index in [2.05, 4.69) is 33.7 Å². The lowest BCUT2D eigenvalue weighted by molar-refractivity contribution is -0.134. The third kappa shape index (κ3) is 4.22. The zero-order valence-electron chi connectivity index (χ0n) is 19.3. The Morgan fingerprint density at radius 3 is 2.52 bits per heavy atom. The van der Waals surface area contributed by atoms with Crippen molar-refractivity contribution in [2.24, 2.45) is 0 Å². The summed E-state index contributed by atoms with van der Waals surface area (Å²) in [5.74, 6) is 1.17. The smallest absolute Gasteiger partial charge is 0.231 e. The fourth-order valence-corrected chi connectivity index (χ4v) is 5.97. The quantitative estimate of drug-likeness (QED) is 0.741. The van der Waals surface area contributed by atoms with Gasteiger partial charge >= 0.3 is 0 Å². The molecule has 0 spiro atoms. The molecule has 1 unspecified atom stereocenters. The van der Waals surface area contributed by atoms with Gasteiger partial charge in [-0.1, -0.05) is 30.7 Å². The number of likely N-dealkylation sites (N-methyl/N-ethyl adjacent to an activating group) is 1. The van der Waals surface area contributed by atoms with Crippen LogP contribution in [0.5, 0.6) is 0 Å². The van der Waals surface area contributed by atoms with Crippen molar-refractivity contribution in [2.75, 3.05) is 44.7 Å². The monoisotopic (exact) mass is 469 g/mol. The summed E-state index contributed by atoms with van der Waals surface area (Å²) in [4.78, 5) is 29.3. The van der Waals surface area contributed by atoms with Gasteiger partial charge < -0.3 is 19.8 Å². The Kier molecular flexibility index (Phi) is 6.29. The molecule has 4 atom stereocenters. The van der Waals surface area contributed by atoms with Gasteiger partial charge in [-0.15, -0.1) is 0 Å². The normalized spacial score (nSPS) is 26.5. The van der Waals surface area contributed by atoms with Crippen LogP contribution in [0.15, 0.2) is 30.6 Å². The minimum atomic E-state index is -0.511. The van der Waals surface area contributed by atoms with E-state index in [1.54, 1.807) is 6.33 Å². The highest BCUT2D eigenvalue weighted by Gasteiger charge is 2.39. The molecule has 3 heterocycles. The average Bonchev–Trinajstić information content (AvgIpc) is 3.37. The topological polar surface area (TPSA) is 72.8 Å². The number of aliphatic hydroxyl groups excluding tert-OH is 1. The first-order valence-corrected chi connectivity index (χ1v) is 12.3. The number of piperazine rings is 1. The molecule has 0 saturated carbocycles. The summed E-state index contributed by atoms with van der Waals surface area (Å²) in [5.41, 5.74) is 2.87. The molecular weight excluding hydrogens is 438 g/mol. The van der Waals surface area contributed by atoms with Gasteiger partial charge in [-0.25, -0.2) is 9.97 Å². The zero-order valence-corrected chi connectivity index (χ0v) is 20.1. The molecule has 2 aliphatic heterocycles. The maximum Gasteiger partial charge on any atom is 0.231 e. The Morgan fingerprint density at radius 1 is 1.12 bits per heavy atom. The standard InChI is InChI=1S/C25H32ClN5O2/c1-16-14-20(32)23-21(16)24(28-15-27-23)30-10-12-31(13-11-30)25(33)22(19-4-3-9-29(19)2)17-5-7-18(26)8-6-17/h5-8,15-16,19-20,22,32H,3-4,9-14H2,1-2H3/t16-,19+,20?,22+/m1/s1. The summed E-state index contributed by atoms with van der Waals surface area (Å²) in [6.07, 6.45) is 3.89. The number of anilines is 1. The van der Waals surface area contributed by atoms with E-state index in [-0.39, 0.29) is 23.8 Å². The lowest BCUT2D eigenvalue weighted by Gasteiger charge is -2.39. The molecule has 2 saturated heterocycles. The molecule has 0 bridgehead atoms. The van der Waals surface area contributed by atoms with Crippen LogP contribution < -0.4 is 4.90 Å². The van der Waals surface area contributed by atoms with E-state index in [4.69, 9.17) is 11.6 Å². The summed E-state index contributed by atoms with van der Waals surface area (Å²) in [6.45, 7) is 5.93. The van der Waals surface area contributed by atoms with Gasteiger partial charge in [-0.3, -0.25) is 4.79 Å². The Morgan fingerprint density at radius 2 is 1.85 bits per heavy atom. The number of aliphatic hydroxyl groups is 1. The molecule has 5 rings (SSSR count). The number of likely N-dealkylation sites (tertiary alicyclic amines) is 1. The number of benzene rings is 1. The molecule has 2 fully saturated rings. The van der Waals surface area contributed by atoms with Gasteiger partial charge in [-0.05, 0) is 56.5 Å². The number of carbonyl (C=O) groups is 1.